The van der Waals surface area contributed by atoms with Gasteiger partial charge in [0.15, 0.2) is 4.29 Å². The van der Waals surface area contributed by atoms with Crippen molar-refractivity contribution in [2.75, 3.05) is 63.6 Å². The molecule has 0 saturated heterocycles. The van der Waals surface area contributed by atoms with E-state index in [1.54, 1.807) is 77.5 Å². The number of esters is 2. The molecular formula is C85H95BrCl4N10O15. The molecule has 0 bridgehead atoms. The molecule has 0 saturated carbocycles. The highest BCUT2D eigenvalue weighted by Gasteiger charge is 2.35. The van der Waals surface area contributed by atoms with Crippen LogP contribution in [-0.4, -0.2) is 170 Å². The molecule has 0 radical (unpaired) electrons. The molecule has 0 aliphatic carbocycles. The molecule has 10 N–H and O–H groups in total. The number of Topliss-reactive ketones (excluding diaryl/α,β-unsaturated/α-hetero) is 2. The summed E-state index contributed by atoms with van der Waals surface area (Å²) in [6, 6.07) is 65.7. The van der Waals surface area contributed by atoms with Crippen LogP contribution in [0.1, 0.15) is 65.7 Å². The largest absolute Gasteiger partial charge is 1.00 e. The van der Waals surface area contributed by atoms with Gasteiger partial charge in [0.2, 0.25) is 5.56 Å². The number of nitrogens with zero attached hydrogens (tertiary/aromatic N) is 6. The summed E-state index contributed by atoms with van der Waals surface area (Å²) in [5.41, 5.74) is 30.3. The number of phenols is 1. The molecule has 4 aromatic heterocycles. The fourth-order valence-corrected chi connectivity index (χ4v) is 12.6. The van der Waals surface area contributed by atoms with Crippen LogP contribution in [0, 0.1) is 27.7 Å². The molecule has 12 rings (SSSR count). The van der Waals surface area contributed by atoms with Crippen LogP contribution in [0.15, 0.2) is 206 Å². The number of aliphatic hydroxyl groups excluding tert-OH is 1. The number of likely N-dealkylation sites (N-methyl/N-ethyl adjacent to an activating group) is 1. The number of phenolic OH excluding ortho intramolecular Hbond substituents is 1. The van der Waals surface area contributed by atoms with Crippen molar-refractivity contribution in [3.63, 3.8) is 0 Å². The van der Waals surface area contributed by atoms with E-state index in [0.717, 1.165) is 64.5 Å². The Bertz CT molecular complexity index is 5300. The number of primary amides is 4. The number of aromatic hydroxyl groups is 1. The summed E-state index contributed by atoms with van der Waals surface area (Å²) in [4.78, 5) is 95.7. The van der Waals surface area contributed by atoms with E-state index < -0.39 is 68.8 Å². The van der Waals surface area contributed by atoms with Crippen LogP contribution in [0.2, 0.25) is 0 Å². The molecule has 8 aromatic carbocycles. The maximum Gasteiger partial charge on any atom is 0.363 e. The number of quaternary nitrogens is 1. The van der Waals surface area contributed by atoms with Crippen molar-refractivity contribution in [1.29, 1.82) is 0 Å². The van der Waals surface area contributed by atoms with Gasteiger partial charge >= 0.3 is 24.1 Å². The molecule has 0 spiro atoms. The van der Waals surface area contributed by atoms with Gasteiger partial charge in [0.05, 0.1) is 79.3 Å². The summed E-state index contributed by atoms with van der Waals surface area (Å²) >= 11 is 19.7. The average Bonchev–Trinajstić information content (AvgIpc) is 1.63. The second-order valence-electron chi connectivity index (χ2n) is 26.8. The number of aliphatic hydroxyl groups is 1. The zero-order valence-corrected chi connectivity index (χ0v) is 70.5. The fraction of sp³-hybridized carbons (Fsp3) is 0.247. The minimum absolute atomic E-state index is 0. The van der Waals surface area contributed by atoms with Crippen LogP contribution in [0.5, 0.6) is 23.0 Å². The quantitative estimate of drug-likeness (QED) is 0.00867. The van der Waals surface area contributed by atoms with Gasteiger partial charge in [0.1, 0.15) is 23.0 Å². The lowest BCUT2D eigenvalue weighted by Crippen LogP contribution is -3.00. The van der Waals surface area contributed by atoms with E-state index in [1.165, 1.54) is 25.3 Å². The van der Waals surface area contributed by atoms with Crippen LogP contribution < -0.4 is 49.6 Å². The number of aromatic nitrogens is 4. The molecule has 115 heavy (non-hydrogen) atoms. The lowest BCUT2D eigenvalue weighted by Gasteiger charge is -2.31. The Morgan fingerprint density at radius 3 is 1.10 bits per heavy atom. The number of nitrogens with two attached hydrogens (primary N) is 4. The second-order valence-corrected chi connectivity index (χ2v) is 29.5. The third-order valence-corrected chi connectivity index (χ3v) is 18.3. The number of hydrogen-bond donors (Lipinski definition) is 6. The van der Waals surface area contributed by atoms with Gasteiger partial charge in [-0.25, -0.2) is 9.59 Å². The molecule has 0 fully saturated rings. The highest BCUT2D eigenvalue weighted by Crippen LogP contribution is 2.38. The van der Waals surface area contributed by atoms with Gasteiger partial charge in [-0.3, -0.25) is 33.3 Å². The summed E-state index contributed by atoms with van der Waals surface area (Å²) < 4.78 is 33.5. The molecule has 610 valence electrons. The van der Waals surface area contributed by atoms with Gasteiger partial charge in [-0.1, -0.05) is 196 Å². The number of halogens is 5. The summed E-state index contributed by atoms with van der Waals surface area (Å²) in [5.74, 6) is -5.06. The number of benzene rings is 8. The van der Waals surface area contributed by atoms with Crippen molar-refractivity contribution in [3.05, 3.63) is 262 Å². The van der Waals surface area contributed by atoms with Gasteiger partial charge in [-0.05, 0) is 132 Å². The first kappa shape index (κ1) is 94.4. The second kappa shape index (κ2) is 44.5. The maximum atomic E-state index is 12.8. The van der Waals surface area contributed by atoms with Crippen molar-refractivity contribution in [1.82, 2.24) is 23.2 Å². The molecular weight excluding hydrogens is 1620 g/mol. The number of rotatable bonds is 23. The summed E-state index contributed by atoms with van der Waals surface area (Å²) in [6.45, 7) is 10.1. The van der Waals surface area contributed by atoms with E-state index in [2.05, 4.69) is 65.7 Å². The molecule has 25 nitrogen and oxygen atoms in total. The number of ketones is 2. The van der Waals surface area contributed by atoms with Crippen molar-refractivity contribution in [2.45, 2.75) is 75.5 Å². The topological polar surface area (TPSA) is 350 Å². The molecule has 4 atom stereocenters. The summed E-state index contributed by atoms with van der Waals surface area (Å²) in [6.07, 6.45) is -1.00. The van der Waals surface area contributed by atoms with Crippen molar-refractivity contribution in [2.24, 2.45) is 22.9 Å². The van der Waals surface area contributed by atoms with Crippen LogP contribution in [0.4, 0.5) is 0 Å². The standard InChI is InChI=1S/C23H26N4O4.C20H18ClN3O4.C19H18ClNO3.C16H15NO.C3H4BrClO2.C3H9N.CH4O.ClH/c1-14-18(20(28)21(24)29)19-16(26(14)13-15-9-6-5-7-10-15)11-8-12-17(19)31-23(22(25)30)27(2,3)4;1-11-15(17(25)19(22)26)16-13(24(11)10-12-6-3-2-4-7-12)8-5-9-14(16)28-18(21)20(23)27;1-13-11-15-16(21(13)12-14-7-4-3-5-8-14)9-6-10-17(15)24-18(20)19(22)23-2;1-12-10-14-15(8-5-9-16(14)18)17(12)11-13-6-3-2-4-7-13;1-7-3(6)2(4)5;1-4(2)3;1-2;/h5-12,23H,13H2,1-4H3,(H3-,24,25,29,30);2-9,18H,10H2,1H3,(H2,22,26)(H2,23,27);3-11,18H,12H2,1-2H3;2-10,18H,11H2,1H3;2H,1H3;1-3H3;2H,1H3;1H. The van der Waals surface area contributed by atoms with Gasteiger partial charge < -0.3 is 92.4 Å². The van der Waals surface area contributed by atoms with Crippen LogP contribution in [-0.2, 0) is 64.4 Å². The minimum Gasteiger partial charge on any atom is -1.00 e. The summed E-state index contributed by atoms with van der Waals surface area (Å²) in [5, 5.41) is 19.5. The Morgan fingerprint density at radius 2 is 0.765 bits per heavy atom. The highest BCUT2D eigenvalue weighted by molar-refractivity contribution is 9.10. The molecule has 30 heteroatoms. The molecule has 12 aromatic rings. The van der Waals surface area contributed by atoms with Crippen LogP contribution in [0.3, 0.4) is 0 Å². The van der Waals surface area contributed by atoms with Crippen molar-refractivity contribution < 1.29 is 89.1 Å². The lowest BCUT2D eigenvalue weighted by molar-refractivity contribution is -0.904. The van der Waals surface area contributed by atoms with Gasteiger partial charge in [-0.2, -0.15) is 0 Å². The number of fused-ring (bicyclic) bond motifs is 4. The number of hydrogen-bond acceptors (Lipinski definition) is 16. The average molecular weight is 1720 g/mol. The number of carbonyl (C=O) groups is 8. The fourth-order valence-electron chi connectivity index (χ4n) is 12.0. The van der Waals surface area contributed by atoms with Gasteiger partial charge in [0, 0.05) is 66.8 Å². The predicted molar refractivity (Wildman–Crippen MR) is 449 cm³/mol. The minimum atomic E-state index is -1.43. The normalized spacial score (nSPS) is 11.7. The van der Waals surface area contributed by atoms with E-state index in [0.29, 0.717) is 57.8 Å². The maximum absolute atomic E-state index is 12.8. The van der Waals surface area contributed by atoms with Crippen LogP contribution >= 0.6 is 50.7 Å². The predicted octanol–water partition coefficient (Wildman–Crippen LogP) is 9.39. The first-order chi connectivity index (χ1) is 54.1. The zero-order chi connectivity index (χ0) is 84.4. The number of aryl methyl sites for hydroxylation is 2. The third kappa shape index (κ3) is 25.4. The monoisotopic (exact) mass is 1710 g/mol. The van der Waals surface area contributed by atoms with E-state index in [-0.39, 0.29) is 39.5 Å². The van der Waals surface area contributed by atoms with E-state index in [1.807, 2.05) is 182 Å². The van der Waals surface area contributed by atoms with Gasteiger partial charge in [-0.15, -0.1) is 0 Å². The van der Waals surface area contributed by atoms with Crippen molar-refractivity contribution in [3.8, 4) is 23.0 Å². The molecule has 4 heterocycles. The van der Waals surface area contributed by atoms with Crippen molar-refractivity contribution >= 4 is 141 Å². The molecule has 0 aliphatic heterocycles. The number of amides is 4. The van der Waals surface area contributed by atoms with E-state index in [4.69, 9.17) is 77.1 Å². The number of alkyl halides is 4. The highest BCUT2D eigenvalue weighted by atomic mass is 79.9. The van der Waals surface area contributed by atoms with Gasteiger partial charge in [0.25, 0.3) is 34.9 Å². The third-order valence-electron chi connectivity index (χ3n) is 17.1. The van der Waals surface area contributed by atoms with E-state index >= 15 is 0 Å². The Balaban J connectivity index is 0.000000262. The number of carbonyl (C=O) groups excluding carboxylic acids is 8. The number of methoxy groups -OCH3 is 2. The van der Waals surface area contributed by atoms with E-state index in [9.17, 15) is 43.5 Å². The Labute approximate surface area is 696 Å². The molecule has 0 aliphatic rings. The molecule has 4 amide bonds. The SMILES string of the molecule is CN(C)C.CO.COC(=O)C(Cl)Br.COC(=O)C(Cl)Oc1cccc2c1cc(C)n2Cc1ccccc1.Cc1c(C(=O)C(N)=O)c2c(OC(C(N)=O)[N+](C)(C)C)cccc2n1Cc1ccccc1.Cc1c(C(=O)C(N)=O)c2c(OC(Cl)C(N)=O)cccc2n1Cc1ccccc1.Cc1cc2c(O)cccc2n1Cc1ccccc1.[Cl-]. The molecule has 4 unspecified atom stereocenters. The Hall–Kier alpha value is -11.2. The zero-order valence-electron chi connectivity index (χ0n) is 65.9. The lowest BCUT2D eigenvalue weighted by atomic mass is 10.1. The smallest absolute Gasteiger partial charge is 0.363 e. The summed E-state index contributed by atoms with van der Waals surface area (Å²) in [7, 11) is 14.9. The first-order valence-corrected chi connectivity index (χ1v) is 37.4. The first-order valence-electron chi connectivity index (χ1n) is 35.2. The Morgan fingerprint density at radius 1 is 0.443 bits per heavy atom. The number of ether oxygens (including phenoxy) is 5. The van der Waals surface area contributed by atoms with Crippen LogP contribution in [0.25, 0.3) is 43.6 Å². The Kier molecular flexibility index (Phi) is 36.5.